The lowest BCUT2D eigenvalue weighted by molar-refractivity contribution is 0.427. The summed E-state index contributed by atoms with van der Waals surface area (Å²) in [5.41, 5.74) is 0.834. The summed E-state index contributed by atoms with van der Waals surface area (Å²) >= 11 is 0. The van der Waals surface area contributed by atoms with Gasteiger partial charge in [0.2, 0.25) is 10.0 Å². The average molecular weight is 343 g/mol. The van der Waals surface area contributed by atoms with Crippen LogP contribution in [0.5, 0.6) is 0 Å². The molecular formula is C14H19ClN4O2S. The molecule has 0 atom stereocenters. The van der Waals surface area contributed by atoms with Crippen molar-refractivity contribution in [1.29, 1.82) is 0 Å². The quantitative estimate of drug-likeness (QED) is 0.878. The summed E-state index contributed by atoms with van der Waals surface area (Å²) in [6, 6.07) is 9.43. The van der Waals surface area contributed by atoms with Crippen molar-refractivity contribution in [2.75, 3.05) is 13.1 Å². The number of aromatic nitrogens is 2. The van der Waals surface area contributed by atoms with Crippen LogP contribution in [-0.2, 0) is 10.0 Å². The normalized spacial score (nSPS) is 16.2. The molecule has 1 fully saturated rings. The van der Waals surface area contributed by atoms with Gasteiger partial charge < -0.3 is 5.32 Å². The van der Waals surface area contributed by atoms with Gasteiger partial charge in [-0.25, -0.2) is 17.8 Å². The lowest BCUT2D eigenvalue weighted by Gasteiger charge is -2.23. The molecule has 1 aromatic carbocycles. The van der Waals surface area contributed by atoms with E-state index in [4.69, 9.17) is 0 Å². The van der Waals surface area contributed by atoms with Crippen LogP contribution in [-0.4, -0.2) is 37.3 Å². The molecule has 1 aromatic heterocycles. The van der Waals surface area contributed by atoms with Crippen LogP contribution in [0.2, 0.25) is 0 Å². The van der Waals surface area contributed by atoms with Gasteiger partial charge in [0.1, 0.15) is 4.90 Å². The van der Waals surface area contributed by atoms with E-state index in [1.165, 1.54) is 6.20 Å². The van der Waals surface area contributed by atoms with Crippen molar-refractivity contribution in [2.24, 2.45) is 0 Å². The number of piperidine rings is 1. The Kier molecular flexibility index (Phi) is 5.57. The van der Waals surface area contributed by atoms with Crippen LogP contribution in [0.4, 0.5) is 0 Å². The zero-order valence-electron chi connectivity index (χ0n) is 12.0. The van der Waals surface area contributed by atoms with E-state index in [-0.39, 0.29) is 23.3 Å². The molecule has 2 aromatic rings. The summed E-state index contributed by atoms with van der Waals surface area (Å²) in [5.74, 6) is 0. The van der Waals surface area contributed by atoms with E-state index in [1.54, 1.807) is 10.9 Å². The molecule has 0 saturated carbocycles. The number of sulfonamides is 1. The molecule has 6 nitrogen and oxygen atoms in total. The van der Waals surface area contributed by atoms with E-state index in [0.29, 0.717) is 0 Å². The van der Waals surface area contributed by atoms with Crippen LogP contribution < -0.4 is 10.0 Å². The molecule has 1 aliphatic rings. The Hall–Kier alpha value is -1.41. The van der Waals surface area contributed by atoms with E-state index in [1.807, 2.05) is 30.3 Å². The van der Waals surface area contributed by atoms with Crippen LogP contribution >= 0.6 is 12.4 Å². The summed E-state index contributed by atoms with van der Waals surface area (Å²) in [6.07, 6.45) is 4.55. The summed E-state index contributed by atoms with van der Waals surface area (Å²) < 4.78 is 29.0. The molecule has 2 N–H and O–H groups in total. The number of benzene rings is 1. The standard InChI is InChI=1S/C14H18N4O2S.ClH/c19-21(20,17-12-6-8-15-9-7-12)14-10-16-18(11-14)13-4-2-1-3-5-13;/h1-5,10-12,15,17H,6-9H2;1H. The first-order valence-electron chi connectivity index (χ1n) is 6.98. The van der Waals surface area contributed by atoms with Crippen LogP contribution in [0, 0.1) is 0 Å². The summed E-state index contributed by atoms with van der Waals surface area (Å²) in [6.45, 7) is 1.69. The van der Waals surface area contributed by atoms with E-state index in [2.05, 4.69) is 15.1 Å². The zero-order valence-corrected chi connectivity index (χ0v) is 13.6. The van der Waals surface area contributed by atoms with Gasteiger partial charge in [-0.05, 0) is 38.1 Å². The van der Waals surface area contributed by atoms with Gasteiger partial charge in [-0.2, -0.15) is 5.10 Å². The summed E-state index contributed by atoms with van der Waals surface area (Å²) in [4.78, 5) is 0.199. The molecule has 0 amide bonds. The monoisotopic (exact) mass is 342 g/mol. The van der Waals surface area contributed by atoms with Gasteiger partial charge in [-0.1, -0.05) is 18.2 Å². The Balaban J connectivity index is 0.00000176. The fraction of sp³-hybridized carbons (Fsp3) is 0.357. The molecule has 120 valence electrons. The number of hydrogen-bond donors (Lipinski definition) is 2. The van der Waals surface area contributed by atoms with Crippen LogP contribution in [0.25, 0.3) is 5.69 Å². The van der Waals surface area contributed by atoms with Crippen molar-refractivity contribution in [1.82, 2.24) is 19.8 Å². The number of para-hydroxylation sites is 1. The predicted octanol–water partition coefficient (Wildman–Crippen LogP) is 1.32. The van der Waals surface area contributed by atoms with Gasteiger partial charge in [-0.15, -0.1) is 12.4 Å². The predicted molar refractivity (Wildman–Crippen MR) is 87.0 cm³/mol. The van der Waals surface area contributed by atoms with Crippen molar-refractivity contribution in [2.45, 2.75) is 23.8 Å². The molecule has 1 aliphatic heterocycles. The second-order valence-corrected chi connectivity index (χ2v) is 6.82. The second kappa shape index (κ2) is 7.23. The highest BCUT2D eigenvalue weighted by atomic mass is 35.5. The molecule has 8 heteroatoms. The van der Waals surface area contributed by atoms with Crippen molar-refractivity contribution in [3.8, 4) is 5.69 Å². The Labute approximate surface area is 136 Å². The second-order valence-electron chi connectivity index (χ2n) is 5.10. The minimum absolute atomic E-state index is 0. The van der Waals surface area contributed by atoms with Crippen molar-refractivity contribution in [3.05, 3.63) is 42.7 Å². The number of nitrogens with one attached hydrogen (secondary N) is 2. The summed E-state index contributed by atoms with van der Waals surface area (Å²) in [7, 11) is -3.51. The fourth-order valence-electron chi connectivity index (χ4n) is 2.39. The molecular weight excluding hydrogens is 324 g/mol. The van der Waals surface area contributed by atoms with E-state index >= 15 is 0 Å². The Bertz CT molecular complexity index is 697. The van der Waals surface area contributed by atoms with Gasteiger partial charge in [0.25, 0.3) is 0 Å². The van der Waals surface area contributed by atoms with Gasteiger partial charge in [-0.3, -0.25) is 0 Å². The van der Waals surface area contributed by atoms with Crippen molar-refractivity contribution >= 4 is 22.4 Å². The highest BCUT2D eigenvalue weighted by Gasteiger charge is 2.23. The van der Waals surface area contributed by atoms with E-state index < -0.39 is 10.0 Å². The smallest absolute Gasteiger partial charge is 0.243 e. The topological polar surface area (TPSA) is 76.0 Å². The Morgan fingerprint density at radius 2 is 1.86 bits per heavy atom. The van der Waals surface area contributed by atoms with Gasteiger partial charge in [0.05, 0.1) is 18.1 Å². The molecule has 0 bridgehead atoms. The van der Waals surface area contributed by atoms with Gasteiger partial charge in [0.15, 0.2) is 0 Å². The number of halogens is 1. The van der Waals surface area contributed by atoms with Gasteiger partial charge >= 0.3 is 0 Å². The van der Waals surface area contributed by atoms with Gasteiger partial charge in [0, 0.05) is 6.04 Å². The molecule has 0 radical (unpaired) electrons. The minimum Gasteiger partial charge on any atom is -0.317 e. The third-order valence-electron chi connectivity index (χ3n) is 3.55. The third-order valence-corrected chi connectivity index (χ3v) is 5.03. The summed E-state index contributed by atoms with van der Waals surface area (Å²) in [5, 5.41) is 7.35. The lowest BCUT2D eigenvalue weighted by Crippen LogP contribution is -2.42. The zero-order chi connectivity index (χ0) is 14.7. The SMILES string of the molecule is Cl.O=S(=O)(NC1CCNCC1)c1cnn(-c2ccccc2)c1. The first kappa shape index (κ1) is 17.0. The Morgan fingerprint density at radius 3 is 2.55 bits per heavy atom. The Morgan fingerprint density at radius 1 is 1.18 bits per heavy atom. The lowest BCUT2D eigenvalue weighted by atomic mass is 10.1. The third kappa shape index (κ3) is 3.86. The first-order valence-corrected chi connectivity index (χ1v) is 8.47. The highest BCUT2D eigenvalue weighted by Crippen LogP contribution is 2.14. The average Bonchev–Trinajstić information content (AvgIpc) is 2.99. The molecule has 2 heterocycles. The largest absolute Gasteiger partial charge is 0.317 e. The maximum absolute atomic E-state index is 12.4. The first-order chi connectivity index (χ1) is 10.1. The maximum Gasteiger partial charge on any atom is 0.243 e. The van der Waals surface area contributed by atoms with Crippen LogP contribution in [0.1, 0.15) is 12.8 Å². The van der Waals surface area contributed by atoms with E-state index in [9.17, 15) is 8.42 Å². The van der Waals surface area contributed by atoms with Crippen molar-refractivity contribution in [3.63, 3.8) is 0 Å². The number of nitrogens with zero attached hydrogens (tertiary/aromatic N) is 2. The maximum atomic E-state index is 12.4. The molecule has 0 spiro atoms. The van der Waals surface area contributed by atoms with Crippen LogP contribution in [0.3, 0.4) is 0 Å². The molecule has 1 saturated heterocycles. The minimum atomic E-state index is -3.51. The van der Waals surface area contributed by atoms with Crippen LogP contribution in [0.15, 0.2) is 47.6 Å². The molecule has 0 aliphatic carbocycles. The molecule has 22 heavy (non-hydrogen) atoms. The highest BCUT2D eigenvalue weighted by molar-refractivity contribution is 7.89. The molecule has 0 unspecified atom stereocenters. The van der Waals surface area contributed by atoms with E-state index in [0.717, 1.165) is 31.6 Å². The molecule has 3 rings (SSSR count). The number of hydrogen-bond acceptors (Lipinski definition) is 4. The van der Waals surface area contributed by atoms with Crippen molar-refractivity contribution < 1.29 is 8.42 Å². The fourth-order valence-corrected chi connectivity index (χ4v) is 3.63. The number of rotatable bonds is 4.